The molecule has 0 bridgehead atoms. The number of benzene rings is 1. The summed E-state index contributed by atoms with van der Waals surface area (Å²) in [6, 6.07) is 6.88. The van der Waals surface area contributed by atoms with Crippen LogP contribution in [-0.2, 0) is 16.6 Å². The second kappa shape index (κ2) is 9.27. The number of halogens is 2. The standard InChI is InChI=1S/C12H16N2O3.C7H6F2O/c1-8-3-4-10(17-8)12(16)13-9-5-6-14(2)11(15)7-9;1-10-6-4-2-3-5(8)7(6)9/h5-8,10H,3-4H2,1-2H3,(H,13,16);2-4H,1H3. The van der Waals surface area contributed by atoms with Crippen molar-refractivity contribution in [1.82, 2.24) is 4.57 Å². The van der Waals surface area contributed by atoms with Crippen LogP contribution in [0.3, 0.4) is 0 Å². The zero-order valence-electron chi connectivity index (χ0n) is 15.4. The Morgan fingerprint density at radius 1 is 1.30 bits per heavy atom. The highest BCUT2D eigenvalue weighted by Gasteiger charge is 2.28. The highest BCUT2D eigenvalue weighted by Crippen LogP contribution is 2.20. The van der Waals surface area contributed by atoms with Crippen LogP contribution in [0.2, 0.25) is 0 Å². The van der Waals surface area contributed by atoms with Gasteiger partial charge in [-0.15, -0.1) is 0 Å². The Balaban J connectivity index is 0.000000223. The number of carbonyl (C=O) groups is 1. The van der Waals surface area contributed by atoms with Gasteiger partial charge in [0, 0.05) is 25.0 Å². The zero-order valence-corrected chi connectivity index (χ0v) is 15.4. The minimum Gasteiger partial charge on any atom is -0.494 e. The number of nitrogens with one attached hydrogen (secondary N) is 1. The third-order valence-corrected chi connectivity index (χ3v) is 4.03. The molecule has 0 saturated carbocycles. The largest absolute Gasteiger partial charge is 0.494 e. The van der Waals surface area contributed by atoms with E-state index in [1.54, 1.807) is 19.3 Å². The topological polar surface area (TPSA) is 69.6 Å². The van der Waals surface area contributed by atoms with Gasteiger partial charge >= 0.3 is 0 Å². The van der Waals surface area contributed by atoms with Crippen molar-refractivity contribution < 1.29 is 23.0 Å². The van der Waals surface area contributed by atoms with Crippen LogP contribution in [-0.4, -0.2) is 29.8 Å². The van der Waals surface area contributed by atoms with Gasteiger partial charge < -0.3 is 19.4 Å². The lowest BCUT2D eigenvalue weighted by molar-refractivity contribution is -0.126. The van der Waals surface area contributed by atoms with Crippen LogP contribution in [0.25, 0.3) is 0 Å². The molecule has 3 rings (SSSR count). The van der Waals surface area contributed by atoms with E-state index in [0.717, 1.165) is 18.9 Å². The van der Waals surface area contributed by atoms with Crippen LogP contribution in [0.4, 0.5) is 14.5 Å². The average Bonchev–Trinajstić information content (AvgIpc) is 3.08. The lowest BCUT2D eigenvalue weighted by Gasteiger charge is -2.11. The number of anilines is 1. The molecule has 2 aromatic rings. The normalized spacial score (nSPS) is 18.4. The van der Waals surface area contributed by atoms with E-state index >= 15 is 0 Å². The van der Waals surface area contributed by atoms with Gasteiger partial charge in [-0.1, -0.05) is 6.07 Å². The molecule has 8 heteroatoms. The smallest absolute Gasteiger partial charge is 0.253 e. The first-order valence-corrected chi connectivity index (χ1v) is 8.42. The van der Waals surface area contributed by atoms with Gasteiger partial charge in [-0.05, 0) is 38.0 Å². The summed E-state index contributed by atoms with van der Waals surface area (Å²) in [5, 5.41) is 2.70. The van der Waals surface area contributed by atoms with E-state index in [2.05, 4.69) is 10.1 Å². The van der Waals surface area contributed by atoms with Gasteiger partial charge in [-0.25, -0.2) is 4.39 Å². The Morgan fingerprint density at radius 3 is 2.59 bits per heavy atom. The number of aryl methyl sites for hydroxylation is 1. The number of ether oxygens (including phenoxy) is 2. The summed E-state index contributed by atoms with van der Waals surface area (Å²) in [5.74, 6) is -2.08. The molecule has 1 N–H and O–H groups in total. The maximum atomic E-state index is 12.5. The molecule has 1 amide bonds. The summed E-state index contributed by atoms with van der Waals surface area (Å²) in [6.07, 6.45) is 2.99. The summed E-state index contributed by atoms with van der Waals surface area (Å²) in [7, 11) is 2.95. The van der Waals surface area contributed by atoms with Gasteiger partial charge in [-0.2, -0.15) is 4.39 Å². The maximum absolute atomic E-state index is 12.5. The van der Waals surface area contributed by atoms with E-state index in [4.69, 9.17) is 4.74 Å². The van der Waals surface area contributed by atoms with Crippen molar-refractivity contribution in [2.45, 2.75) is 32.0 Å². The molecular weight excluding hydrogens is 358 g/mol. The number of hydrogen-bond donors (Lipinski definition) is 1. The zero-order chi connectivity index (χ0) is 20.0. The molecule has 0 spiro atoms. The van der Waals surface area contributed by atoms with Gasteiger partial charge in [0.2, 0.25) is 5.82 Å². The second-order valence-electron chi connectivity index (χ2n) is 6.12. The molecular formula is C19H22F2N2O4. The van der Waals surface area contributed by atoms with Crippen LogP contribution < -0.4 is 15.6 Å². The molecule has 27 heavy (non-hydrogen) atoms. The van der Waals surface area contributed by atoms with E-state index < -0.39 is 17.7 Å². The predicted octanol–water partition coefficient (Wildman–Crippen LogP) is 2.86. The number of nitrogens with zero attached hydrogens (tertiary/aromatic N) is 1. The molecule has 1 aromatic carbocycles. The first-order chi connectivity index (χ1) is 12.8. The van der Waals surface area contributed by atoms with Crippen molar-refractivity contribution in [2.75, 3.05) is 12.4 Å². The molecule has 1 aliphatic heterocycles. The van der Waals surface area contributed by atoms with Crippen molar-refractivity contribution in [1.29, 1.82) is 0 Å². The number of aromatic nitrogens is 1. The minimum absolute atomic E-state index is 0.0694. The molecule has 0 aliphatic carbocycles. The summed E-state index contributed by atoms with van der Waals surface area (Å²) < 4.78 is 36.2. The average molecular weight is 380 g/mol. The highest BCUT2D eigenvalue weighted by molar-refractivity contribution is 5.94. The maximum Gasteiger partial charge on any atom is 0.253 e. The fourth-order valence-electron chi connectivity index (χ4n) is 2.49. The fourth-order valence-corrected chi connectivity index (χ4v) is 2.49. The highest BCUT2D eigenvalue weighted by atomic mass is 19.2. The quantitative estimate of drug-likeness (QED) is 0.889. The van der Waals surface area contributed by atoms with Crippen molar-refractivity contribution in [3.05, 3.63) is 58.5 Å². The van der Waals surface area contributed by atoms with Crippen molar-refractivity contribution in [2.24, 2.45) is 7.05 Å². The van der Waals surface area contributed by atoms with Gasteiger partial charge in [-0.3, -0.25) is 9.59 Å². The summed E-state index contributed by atoms with van der Waals surface area (Å²) in [5.41, 5.74) is 0.366. The van der Waals surface area contributed by atoms with Gasteiger partial charge in [0.15, 0.2) is 11.6 Å². The molecule has 146 valence electrons. The number of rotatable bonds is 3. The monoisotopic (exact) mass is 380 g/mol. The molecule has 1 fully saturated rings. The molecule has 1 saturated heterocycles. The van der Waals surface area contributed by atoms with E-state index in [-0.39, 0.29) is 23.3 Å². The number of amides is 1. The second-order valence-corrected chi connectivity index (χ2v) is 6.12. The minimum atomic E-state index is -0.940. The van der Waals surface area contributed by atoms with Gasteiger partial charge in [0.25, 0.3) is 11.5 Å². The number of carbonyl (C=O) groups excluding carboxylic acids is 1. The lowest BCUT2D eigenvalue weighted by atomic mass is 10.2. The Hall–Kier alpha value is -2.74. The lowest BCUT2D eigenvalue weighted by Crippen LogP contribution is -2.28. The number of hydrogen-bond acceptors (Lipinski definition) is 4. The van der Waals surface area contributed by atoms with Crippen LogP contribution >= 0.6 is 0 Å². The van der Waals surface area contributed by atoms with Crippen molar-refractivity contribution in [3.8, 4) is 5.75 Å². The molecule has 2 atom stereocenters. The Bertz CT molecular complexity index is 854. The van der Waals surface area contributed by atoms with Crippen LogP contribution in [0, 0.1) is 11.6 Å². The first kappa shape index (κ1) is 20.6. The van der Waals surface area contributed by atoms with E-state index in [0.29, 0.717) is 5.69 Å². The molecule has 2 unspecified atom stereocenters. The Labute approximate surface area is 155 Å². The van der Waals surface area contributed by atoms with E-state index in [9.17, 15) is 18.4 Å². The summed E-state index contributed by atoms with van der Waals surface area (Å²) >= 11 is 0. The van der Waals surface area contributed by atoms with E-state index in [1.165, 1.54) is 29.9 Å². The van der Waals surface area contributed by atoms with Crippen molar-refractivity contribution in [3.63, 3.8) is 0 Å². The molecule has 1 aromatic heterocycles. The van der Waals surface area contributed by atoms with Crippen LogP contribution in [0.15, 0.2) is 41.3 Å². The molecule has 1 aliphatic rings. The third kappa shape index (κ3) is 5.62. The van der Waals surface area contributed by atoms with Crippen molar-refractivity contribution >= 4 is 11.6 Å². The number of pyridine rings is 1. The third-order valence-electron chi connectivity index (χ3n) is 4.03. The molecule has 6 nitrogen and oxygen atoms in total. The van der Waals surface area contributed by atoms with Crippen LogP contribution in [0.5, 0.6) is 5.75 Å². The molecule has 0 radical (unpaired) electrons. The fraction of sp³-hybridized carbons (Fsp3) is 0.368. The van der Waals surface area contributed by atoms with E-state index in [1.807, 2.05) is 6.92 Å². The predicted molar refractivity (Wildman–Crippen MR) is 96.8 cm³/mol. The summed E-state index contributed by atoms with van der Waals surface area (Å²) in [6.45, 7) is 1.95. The Morgan fingerprint density at radius 2 is 2.04 bits per heavy atom. The number of methoxy groups -OCH3 is 1. The molecule has 2 heterocycles. The first-order valence-electron chi connectivity index (χ1n) is 8.42. The van der Waals surface area contributed by atoms with Gasteiger partial charge in [0.05, 0.1) is 13.2 Å². The Kier molecular flexibility index (Phi) is 7.06. The SMILES string of the molecule is CC1CCC(C(=O)Nc2ccn(C)c(=O)c2)O1.COc1cccc(F)c1F. The summed E-state index contributed by atoms with van der Waals surface area (Å²) in [4.78, 5) is 23.2. The van der Waals surface area contributed by atoms with Crippen LogP contribution in [0.1, 0.15) is 19.8 Å². The van der Waals surface area contributed by atoms with Gasteiger partial charge in [0.1, 0.15) is 6.10 Å².